The third-order valence-corrected chi connectivity index (χ3v) is 4.80. The standard InChI is InChI=1S/C15H16BrClO2/c1-15(2)11(13(15)14(17)18)8-12(16)9-4-6-10(19-3)7-5-9/h4-8,11,13H,1-3H3/b12-8-. The van der Waals surface area contributed by atoms with Crippen LogP contribution < -0.4 is 4.74 Å². The first-order valence-corrected chi connectivity index (χ1v) is 7.26. The van der Waals surface area contributed by atoms with Gasteiger partial charge in [-0.25, -0.2) is 0 Å². The Morgan fingerprint density at radius 2 is 1.95 bits per heavy atom. The van der Waals surface area contributed by atoms with E-state index in [1.54, 1.807) is 7.11 Å². The number of benzene rings is 1. The van der Waals surface area contributed by atoms with E-state index in [4.69, 9.17) is 16.3 Å². The third-order valence-electron chi connectivity index (χ3n) is 3.85. The number of hydrogen-bond donors (Lipinski definition) is 0. The van der Waals surface area contributed by atoms with Crippen LogP contribution in [0.1, 0.15) is 19.4 Å². The molecule has 4 heteroatoms. The monoisotopic (exact) mass is 342 g/mol. The molecule has 1 aromatic carbocycles. The number of halogens is 2. The molecule has 2 atom stereocenters. The van der Waals surface area contributed by atoms with Gasteiger partial charge >= 0.3 is 0 Å². The lowest BCUT2D eigenvalue weighted by Gasteiger charge is -2.03. The SMILES string of the molecule is COc1ccc(/C(Br)=C/C2C(C(=O)Cl)C2(C)C)cc1. The van der Waals surface area contributed by atoms with E-state index in [1.807, 2.05) is 24.3 Å². The van der Waals surface area contributed by atoms with E-state index >= 15 is 0 Å². The summed E-state index contributed by atoms with van der Waals surface area (Å²) in [6, 6.07) is 7.78. The molecule has 102 valence electrons. The van der Waals surface area contributed by atoms with Gasteiger partial charge in [-0.2, -0.15) is 0 Å². The molecule has 0 aromatic heterocycles. The first-order chi connectivity index (χ1) is 8.87. The van der Waals surface area contributed by atoms with Gasteiger partial charge in [-0.15, -0.1) is 0 Å². The van der Waals surface area contributed by atoms with Crippen molar-refractivity contribution in [2.24, 2.45) is 17.3 Å². The Labute approximate surface area is 126 Å². The summed E-state index contributed by atoms with van der Waals surface area (Å²) < 4.78 is 6.11. The van der Waals surface area contributed by atoms with Gasteiger partial charge in [0.2, 0.25) is 5.24 Å². The van der Waals surface area contributed by atoms with Gasteiger partial charge < -0.3 is 4.74 Å². The maximum absolute atomic E-state index is 11.3. The molecular formula is C15H16BrClO2. The van der Waals surface area contributed by atoms with Crippen LogP contribution in [-0.4, -0.2) is 12.4 Å². The van der Waals surface area contributed by atoms with Crippen molar-refractivity contribution < 1.29 is 9.53 Å². The molecule has 1 saturated carbocycles. The molecule has 2 unspecified atom stereocenters. The fourth-order valence-corrected chi connectivity index (χ4v) is 3.39. The highest BCUT2D eigenvalue weighted by Gasteiger charge is 2.59. The number of carbonyl (C=O) groups is 1. The minimum atomic E-state index is -0.249. The average molecular weight is 344 g/mol. The van der Waals surface area contributed by atoms with Crippen molar-refractivity contribution in [2.75, 3.05) is 7.11 Å². The van der Waals surface area contributed by atoms with Gasteiger partial charge in [0.05, 0.1) is 7.11 Å². The van der Waals surface area contributed by atoms with Crippen molar-refractivity contribution in [1.82, 2.24) is 0 Å². The van der Waals surface area contributed by atoms with Crippen molar-refractivity contribution >= 4 is 37.3 Å². The zero-order chi connectivity index (χ0) is 14.2. The zero-order valence-electron chi connectivity index (χ0n) is 11.1. The molecule has 0 N–H and O–H groups in total. The molecule has 1 aromatic rings. The first-order valence-electron chi connectivity index (χ1n) is 6.09. The van der Waals surface area contributed by atoms with Crippen molar-refractivity contribution in [3.63, 3.8) is 0 Å². The summed E-state index contributed by atoms with van der Waals surface area (Å²) in [7, 11) is 1.64. The largest absolute Gasteiger partial charge is 0.497 e. The molecule has 1 aliphatic carbocycles. The average Bonchev–Trinajstić information content (AvgIpc) is 2.91. The second-order valence-corrected chi connectivity index (χ2v) is 6.60. The minimum Gasteiger partial charge on any atom is -0.497 e. The first kappa shape index (κ1) is 14.6. The molecule has 2 nitrogen and oxygen atoms in total. The summed E-state index contributed by atoms with van der Waals surface area (Å²) in [6.45, 7) is 4.13. The molecule has 0 bridgehead atoms. The molecule has 0 spiro atoms. The molecule has 0 heterocycles. The second-order valence-electron chi connectivity index (χ2n) is 5.37. The highest BCUT2D eigenvalue weighted by atomic mass is 79.9. The van der Waals surface area contributed by atoms with E-state index in [1.165, 1.54) is 0 Å². The van der Waals surface area contributed by atoms with Crippen LogP contribution >= 0.6 is 27.5 Å². The van der Waals surface area contributed by atoms with Crippen LogP contribution in [0.4, 0.5) is 0 Å². The lowest BCUT2D eigenvalue weighted by atomic mass is 10.1. The van der Waals surface area contributed by atoms with Crippen molar-refractivity contribution in [3.8, 4) is 5.75 Å². The summed E-state index contributed by atoms with van der Waals surface area (Å²) >= 11 is 9.19. The van der Waals surface area contributed by atoms with Gasteiger partial charge in [0.1, 0.15) is 5.75 Å². The number of rotatable bonds is 4. The van der Waals surface area contributed by atoms with E-state index in [-0.39, 0.29) is 22.5 Å². The number of carbonyl (C=O) groups excluding carboxylic acids is 1. The van der Waals surface area contributed by atoms with E-state index in [2.05, 4.69) is 35.9 Å². The van der Waals surface area contributed by atoms with Gasteiger partial charge in [0.15, 0.2) is 0 Å². The van der Waals surface area contributed by atoms with Gasteiger partial charge in [-0.3, -0.25) is 4.79 Å². The fraction of sp³-hybridized carbons (Fsp3) is 0.400. The minimum absolute atomic E-state index is 0.0513. The fourth-order valence-electron chi connectivity index (χ4n) is 2.43. The third kappa shape index (κ3) is 2.87. The van der Waals surface area contributed by atoms with Gasteiger partial charge in [0, 0.05) is 10.4 Å². The lowest BCUT2D eigenvalue weighted by Crippen LogP contribution is -1.96. The van der Waals surface area contributed by atoms with Crippen molar-refractivity contribution in [3.05, 3.63) is 35.9 Å². The maximum Gasteiger partial charge on any atom is 0.225 e. The van der Waals surface area contributed by atoms with E-state index in [9.17, 15) is 4.79 Å². The lowest BCUT2D eigenvalue weighted by molar-refractivity contribution is -0.113. The van der Waals surface area contributed by atoms with Gasteiger partial charge in [-0.05, 0) is 40.6 Å². The summed E-state index contributed by atoms with van der Waals surface area (Å²) in [5.41, 5.74) is 1.01. The molecular weight excluding hydrogens is 328 g/mol. The Bertz CT molecular complexity index is 519. The van der Waals surface area contributed by atoms with Crippen LogP contribution in [0.15, 0.2) is 30.3 Å². The van der Waals surface area contributed by atoms with Crippen LogP contribution in [0.2, 0.25) is 0 Å². The van der Waals surface area contributed by atoms with Crippen LogP contribution in [-0.2, 0) is 4.79 Å². The molecule has 0 amide bonds. The van der Waals surface area contributed by atoms with Crippen LogP contribution in [0.25, 0.3) is 4.48 Å². The maximum atomic E-state index is 11.3. The normalized spacial score (nSPS) is 25.0. The number of allylic oxidation sites excluding steroid dienone is 1. The molecule has 2 rings (SSSR count). The Hall–Kier alpha value is -0.800. The number of hydrogen-bond acceptors (Lipinski definition) is 2. The number of methoxy groups -OCH3 is 1. The molecule has 0 saturated heterocycles. The predicted octanol–water partition coefficient (Wildman–Crippen LogP) is 4.47. The van der Waals surface area contributed by atoms with Crippen molar-refractivity contribution in [1.29, 1.82) is 0 Å². The second kappa shape index (κ2) is 5.29. The van der Waals surface area contributed by atoms with Gasteiger partial charge in [0.25, 0.3) is 0 Å². The van der Waals surface area contributed by atoms with Crippen LogP contribution in [0, 0.1) is 17.3 Å². The topological polar surface area (TPSA) is 26.3 Å². The Morgan fingerprint density at radius 3 is 2.37 bits per heavy atom. The molecule has 0 aliphatic heterocycles. The Balaban J connectivity index is 2.17. The van der Waals surface area contributed by atoms with Crippen LogP contribution in [0.5, 0.6) is 5.75 Å². The van der Waals surface area contributed by atoms with Gasteiger partial charge in [-0.1, -0.05) is 48.0 Å². The van der Waals surface area contributed by atoms with E-state index < -0.39 is 0 Å². The van der Waals surface area contributed by atoms with Crippen molar-refractivity contribution in [2.45, 2.75) is 13.8 Å². The Kier molecular flexibility index (Phi) is 4.07. The predicted molar refractivity (Wildman–Crippen MR) is 81.5 cm³/mol. The highest BCUT2D eigenvalue weighted by molar-refractivity contribution is 9.15. The summed E-state index contributed by atoms with van der Waals surface area (Å²) in [5.74, 6) is 0.929. The highest BCUT2D eigenvalue weighted by Crippen LogP contribution is 2.60. The molecule has 19 heavy (non-hydrogen) atoms. The van der Waals surface area contributed by atoms with Crippen LogP contribution in [0.3, 0.4) is 0 Å². The van der Waals surface area contributed by atoms with E-state index in [0.717, 1.165) is 15.8 Å². The Morgan fingerprint density at radius 1 is 1.37 bits per heavy atom. The number of ether oxygens (including phenoxy) is 1. The summed E-state index contributed by atoms with van der Waals surface area (Å²) in [6.07, 6.45) is 2.08. The zero-order valence-corrected chi connectivity index (χ0v) is 13.5. The molecule has 1 fully saturated rings. The van der Waals surface area contributed by atoms with E-state index in [0.29, 0.717) is 0 Å². The smallest absolute Gasteiger partial charge is 0.225 e. The summed E-state index contributed by atoms with van der Waals surface area (Å²) in [4.78, 5) is 11.3. The molecule has 0 radical (unpaired) electrons. The summed E-state index contributed by atoms with van der Waals surface area (Å²) in [5, 5.41) is -0.249. The quantitative estimate of drug-likeness (QED) is 0.754. The molecule has 1 aliphatic rings.